The molecule has 0 aromatic heterocycles. The quantitative estimate of drug-likeness (QED) is 0.867. The van der Waals surface area contributed by atoms with Gasteiger partial charge in [0, 0.05) is 19.6 Å². The molecule has 0 spiro atoms. The van der Waals surface area contributed by atoms with Crippen LogP contribution >= 0.6 is 0 Å². The van der Waals surface area contributed by atoms with Crippen molar-refractivity contribution in [2.75, 3.05) is 13.6 Å². The summed E-state index contributed by atoms with van der Waals surface area (Å²) in [7, 11) is 2.04. The highest BCUT2D eigenvalue weighted by atomic mass is 16.2. The molecule has 0 aromatic carbocycles. The van der Waals surface area contributed by atoms with Gasteiger partial charge in [-0.3, -0.25) is 4.79 Å². The second-order valence-electron chi connectivity index (χ2n) is 8.26. The molecule has 6 atom stereocenters. The third kappa shape index (κ3) is 2.62. The summed E-state index contributed by atoms with van der Waals surface area (Å²) in [5.74, 6) is 3.83. The zero-order valence-corrected chi connectivity index (χ0v) is 13.4. The van der Waals surface area contributed by atoms with Gasteiger partial charge in [-0.05, 0) is 62.2 Å². The molecule has 21 heavy (non-hydrogen) atoms. The number of likely N-dealkylation sites (N-methyl/N-ethyl adjacent to an activating group) is 1. The molecule has 1 amide bonds. The van der Waals surface area contributed by atoms with Crippen LogP contribution in [-0.4, -0.2) is 36.5 Å². The van der Waals surface area contributed by atoms with Crippen LogP contribution in [0.4, 0.5) is 0 Å². The summed E-state index contributed by atoms with van der Waals surface area (Å²) < 4.78 is 0. The second kappa shape index (κ2) is 5.57. The van der Waals surface area contributed by atoms with Crippen LogP contribution < -0.4 is 5.32 Å². The van der Waals surface area contributed by atoms with Crippen molar-refractivity contribution in [2.24, 2.45) is 23.7 Å². The first-order valence-electron chi connectivity index (χ1n) is 9.21. The Morgan fingerprint density at radius 1 is 1.05 bits per heavy atom. The van der Waals surface area contributed by atoms with E-state index in [0.29, 0.717) is 11.9 Å². The number of carbonyl (C=O) groups is 1. The van der Waals surface area contributed by atoms with Crippen molar-refractivity contribution in [3.63, 3.8) is 0 Å². The van der Waals surface area contributed by atoms with Gasteiger partial charge in [0.15, 0.2) is 0 Å². The Kier molecular flexibility index (Phi) is 3.72. The van der Waals surface area contributed by atoms with Crippen LogP contribution in [0.1, 0.15) is 57.8 Å². The first kappa shape index (κ1) is 14.0. The third-order valence-corrected chi connectivity index (χ3v) is 6.93. The van der Waals surface area contributed by atoms with Gasteiger partial charge in [-0.15, -0.1) is 0 Å². The first-order valence-corrected chi connectivity index (χ1v) is 9.21. The van der Waals surface area contributed by atoms with E-state index >= 15 is 0 Å². The number of hydrogen-bond donors (Lipinski definition) is 1. The van der Waals surface area contributed by atoms with Crippen LogP contribution in [0.5, 0.6) is 0 Å². The summed E-state index contributed by atoms with van der Waals surface area (Å²) in [6.45, 7) is 1.01. The number of carbonyl (C=O) groups excluding carboxylic acids is 1. The zero-order valence-electron chi connectivity index (χ0n) is 13.4. The molecule has 3 aliphatic carbocycles. The zero-order chi connectivity index (χ0) is 14.4. The maximum atomic E-state index is 12.7. The molecule has 4 rings (SSSR count). The monoisotopic (exact) mass is 290 g/mol. The highest BCUT2D eigenvalue weighted by Crippen LogP contribution is 2.48. The first-order chi connectivity index (χ1) is 10.2. The molecule has 3 saturated carbocycles. The number of rotatable bonds is 3. The molecule has 2 bridgehead atoms. The van der Waals surface area contributed by atoms with E-state index in [0.717, 1.165) is 36.6 Å². The lowest BCUT2D eigenvalue weighted by atomic mass is 9.85. The van der Waals surface area contributed by atoms with Crippen molar-refractivity contribution >= 4 is 5.91 Å². The van der Waals surface area contributed by atoms with Gasteiger partial charge in [0.05, 0.1) is 6.04 Å². The molecule has 0 radical (unpaired) electrons. The minimum Gasteiger partial charge on any atom is -0.344 e. The Morgan fingerprint density at radius 2 is 1.90 bits per heavy atom. The fraction of sp³-hybridized carbons (Fsp3) is 0.944. The van der Waals surface area contributed by atoms with Gasteiger partial charge in [0.2, 0.25) is 5.91 Å². The topological polar surface area (TPSA) is 32.3 Å². The Labute approximate surface area is 128 Å². The van der Waals surface area contributed by atoms with Crippen LogP contribution in [0.15, 0.2) is 0 Å². The van der Waals surface area contributed by atoms with E-state index in [2.05, 4.69) is 10.2 Å². The molecule has 4 aliphatic rings. The molecular weight excluding hydrogens is 260 g/mol. The maximum Gasteiger partial charge on any atom is 0.239 e. The smallest absolute Gasteiger partial charge is 0.239 e. The van der Waals surface area contributed by atoms with Gasteiger partial charge < -0.3 is 10.2 Å². The van der Waals surface area contributed by atoms with Crippen molar-refractivity contribution in [1.82, 2.24) is 10.2 Å². The average Bonchev–Trinajstić information content (AvgIpc) is 3.20. The number of nitrogens with one attached hydrogen (secondary N) is 1. The van der Waals surface area contributed by atoms with Gasteiger partial charge >= 0.3 is 0 Å². The van der Waals surface area contributed by atoms with Crippen LogP contribution in [-0.2, 0) is 4.79 Å². The van der Waals surface area contributed by atoms with Gasteiger partial charge in [-0.1, -0.05) is 19.3 Å². The summed E-state index contributed by atoms with van der Waals surface area (Å²) in [6.07, 6.45) is 12.1. The van der Waals surface area contributed by atoms with Crippen molar-refractivity contribution < 1.29 is 4.79 Å². The molecule has 3 heteroatoms. The van der Waals surface area contributed by atoms with E-state index < -0.39 is 0 Å². The lowest BCUT2D eigenvalue weighted by molar-refractivity contribution is -0.132. The molecule has 0 aromatic rings. The SMILES string of the molecule is CN(CC1CC2CCC1C2)C(=O)C1CC2CCCCC2N1. The van der Waals surface area contributed by atoms with Crippen molar-refractivity contribution in [2.45, 2.75) is 69.9 Å². The minimum absolute atomic E-state index is 0.113. The fourth-order valence-corrected chi connectivity index (χ4v) is 5.82. The van der Waals surface area contributed by atoms with Gasteiger partial charge in [-0.25, -0.2) is 0 Å². The van der Waals surface area contributed by atoms with E-state index in [9.17, 15) is 4.79 Å². The number of hydrogen-bond acceptors (Lipinski definition) is 2. The summed E-state index contributed by atoms with van der Waals surface area (Å²) >= 11 is 0. The number of fused-ring (bicyclic) bond motifs is 3. The van der Waals surface area contributed by atoms with E-state index in [-0.39, 0.29) is 6.04 Å². The van der Waals surface area contributed by atoms with E-state index in [1.807, 2.05) is 7.05 Å². The summed E-state index contributed by atoms with van der Waals surface area (Å²) in [4.78, 5) is 14.8. The van der Waals surface area contributed by atoms with E-state index in [1.54, 1.807) is 0 Å². The minimum atomic E-state index is 0.113. The van der Waals surface area contributed by atoms with Crippen molar-refractivity contribution in [3.05, 3.63) is 0 Å². The van der Waals surface area contributed by atoms with Crippen LogP contribution in [0.2, 0.25) is 0 Å². The third-order valence-electron chi connectivity index (χ3n) is 6.93. The highest BCUT2D eigenvalue weighted by Gasteiger charge is 2.42. The van der Waals surface area contributed by atoms with Crippen LogP contribution in [0, 0.1) is 23.7 Å². The van der Waals surface area contributed by atoms with Gasteiger partial charge in [-0.2, -0.15) is 0 Å². The van der Waals surface area contributed by atoms with Crippen LogP contribution in [0.3, 0.4) is 0 Å². The van der Waals surface area contributed by atoms with Gasteiger partial charge in [0.1, 0.15) is 0 Å². The largest absolute Gasteiger partial charge is 0.344 e. The predicted octanol–water partition coefficient (Wildman–Crippen LogP) is 2.80. The number of nitrogens with zero attached hydrogens (tertiary/aromatic N) is 1. The molecule has 1 N–H and O–H groups in total. The Hall–Kier alpha value is -0.570. The molecule has 6 unspecified atom stereocenters. The highest BCUT2D eigenvalue weighted by molar-refractivity contribution is 5.82. The molecule has 3 nitrogen and oxygen atoms in total. The second-order valence-corrected chi connectivity index (χ2v) is 8.26. The Bertz CT molecular complexity index is 396. The lowest BCUT2D eigenvalue weighted by Crippen LogP contribution is -2.45. The van der Waals surface area contributed by atoms with Gasteiger partial charge in [0.25, 0.3) is 0 Å². The predicted molar refractivity (Wildman–Crippen MR) is 83.9 cm³/mol. The maximum absolute atomic E-state index is 12.7. The molecule has 1 saturated heterocycles. The number of amides is 1. The normalized spacial score (nSPS) is 44.8. The molecule has 118 valence electrons. The van der Waals surface area contributed by atoms with E-state index in [4.69, 9.17) is 0 Å². The lowest BCUT2D eigenvalue weighted by Gasteiger charge is -2.29. The van der Waals surface area contributed by atoms with E-state index in [1.165, 1.54) is 51.4 Å². The van der Waals surface area contributed by atoms with Crippen molar-refractivity contribution in [3.8, 4) is 0 Å². The van der Waals surface area contributed by atoms with Crippen LogP contribution in [0.25, 0.3) is 0 Å². The average molecular weight is 290 g/mol. The Balaban J connectivity index is 1.32. The summed E-state index contributed by atoms with van der Waals surface area (Å²) in [6, 6.07) is 0.741. The fourth-order valence-electron chi connectivity index (χ4n) is 5.82. The molecular formula is C18H30N2O. The standard InChI is InChI=1S/C18H30N2O/c1-20(11-15-9-12-6-7-13(15)8-12)18(21)17-10-14-4-2-3-5-16(14)19-17/h12-17,19H,2-11H2,1H3. The van der Waals surface area contributed by atoms with Crippen molar-refractivity contribution in [1.29, 1.82) is 0 Å². The molecule has 1 heterocycles. The summed E-state index contributed by atoms with van der Waals surface area (Å²) in [5, 5.41) is 3.64. The molecule has 1 aliphatic heterocycles. The molecule has 4 fully saturated rings. The summed E-state index contributed by atoms with van der Waals surface area (Å²) in [5.41, 5.74) is 0. The Morgan fingerprint density at radius 3 is 2.62 bits per heavy atom.